The third-order valence-corrected chi connectivity index (χ3v) is 4.57. The van der Waals surface area contributed by atoms with E-state index in [1.165, 1.54) is 25.7 Å². The topological polar surface area (TPSA) is 32.3 Å². The summed E-state index contributed by atoms with van der Waals surface area (Å²) in [5, 5.41) is 3.33. The van der Waals surface area contributed by atoms with Crippen molar-refractivity contribution in [1.82, 2.24) is 10.2 Å². The lowest BCUT2D eigenvalue weighted by atomic mass is 9.96. The summed E-state index contributed by atoms with van der Waals surface area (Å²) < 4.78 is 0. The van der Waals surface area contributed by atoms with Crippen LogP contribution in [-0.4, -0.2) is 37.0 Å². The highest BCUT2D eigenvalue weighted by molar-refractivity contribution is 5.79. The zero-order valence-corrected chi connectivity index (χ0v) is 11.2. The molecular formula is C14H26N2O. The Morgan fingerprint density at radius 2 is 2.12 bits per heavy atom. The average molecular weight is 238 g/mol. The lowest BCUT2D eigenvalue weighted by molar-refractivity contribution is -0.135. The van der Waals surface area contributed by atoms with Crippen molar-refractivity contribution in [2.45, 2.75) is 39.5 Å². The standard InChI is InChI=1S/C14H26N2O/c1-3-12-5-4-7-16(8-6-12)14(17)13-10-15-9-11(13)2/h11-13,15H,3-10H2,1-2H3/t11-,12?,13-/m1/s1. The van der Waals surface area contributed by atoms with Crippen molar-refractivity contribution in [3.63, 3.8) is 0 Å². The van der Waals surface area contributed by atoms with E-state index in [9.17, 15) is 4.79 Å². The second-order valence-corrected chi connectivity index (χ2v) is 5.77. The number of nitrogens with zero attached hydrogens (tertiary/aromatic N) is 1. The molecule has 0 spiro atoms. The number of likely N-dealkylation sites (tertiary alicyclic amines) is 1. The zero-order chi connectivity index (χ0) is 12.3. The van der Waals surface area contributed by atoms with Gasteiger partial charge in [0.05, 0.1) is 5.92 Å². The first-order valence-electron chi connectivity index (χ1n) is 7.22. The van der Waals surface area contributed by atoms with Crippen molar-refractivity contribution in [2.24, 2.45) is 17.8 Å². The summed E-state index contributed by atoms with van der Waals surface area (Å²) in [6.45, 7) is 8.31. The Morgan fingerprint density at radius 3 is 2.76 bits per heavy atom. The van der Waals surface area contributed by atoms with E-state index in [0.29, 0.717) is 11.8 Å². The Labute approximate surface area is 105 Å². The average Bonchev–Trinajstić information content (AvgIpc) is 2.64. The van der Waals surface area contributed by atoms with Crippen LogP contribution in [0.3, 0.4) is 0 Å². The molecular weight excluding hydrogens is 212 g/mol. The highest BCUT2D eigenvalue weighted by Gasteiger charge is 2.33. The van der Waals surface area contributed by atoms with Crippen LogP contribution in [0.25, 0.3) is 0 Å². The predicted octanol–water partition coefficient (Wildman–Crippen LogP) is 1.88. The highest BCUT2D eigenvalue weighted by atomic mass is 16.2. The summed E-state index contributed by atoms with van der Waals surface area (Å²) in [5.41, 5.74) is 0. The lowest BCUT2D eigenvalue weighted by Crippen LogP contribution is -2.39. The Bertz CT molecular complexity index is 267. The lowest BCUT2D eigenvalue weighted by Gasteiger charge is -2.25. The number of amides is 1. The Balaban J connectivity index is 1.90. The molecule has 1 amide bonds. The van der Waals surface area contributed by atoms with Crippen LogP contribution < -0.4 is 5.32 Å². The van der Waals surface area contributed by atoms with Gasteiger partial charge >= 0.3 is 0 Å². The van der Waals surface area contributed by atoms with Crippen LogP contribution >= 0.6 is 0 Å². The molecule has 2 heterocycles. The van der Waals surface area contributed by atoms with Crippen molar-refractivity contribution >= 4 is 5.91 Å². The van der Waals surface area contributed by atoms with Gasteiger partial charge in [-0.1, -0.05) is 20.3 Å². The number of hydrogen-bond acceptors (Lipinski definition) is 2. The molecule has 2 fully saturated rings. The number of carbonyl (C=O) groups is 1. The molecule has 0 saturated carbocycles. The fourth-order valence-electron chi connectivity index (χ4n) is 3.17. The number of nitrogens with one attached hydrogen (secondary N) is 1. The monoisotopic (exact) mass is 238 g/mol. The first kappa shape index (κ1) is 12.9. The first-order chi connectivity index (χ1) is 8.22. The molecule has 2 saturated heterocycles. The fraction of sp³-hybridized carbons (Fsp3) is 0.929. The molecule has 2 aliphatic rings. The summed E-state index contributed by atoms with van der Waals surface area (Å²) in [7, 11) is 0. The molecule has 3 heteroatoms. The van der Waals surface area contributed by atoms with Crippen LogP contribution in [0.1, 0.15) is 39.5 Å². The first-order valence-corrected chi connectivity index (χ1v) is 7.22. The normalized spacial score (nSPS) is 34.7. The summed E-state index contributed by atoms with van der Waals surface area (Å²) in [6, 6.07) is 0. The van der Waals surface area contributed by atoms with Crippen molar-refractivity contribution in [1.29, 1.82) is 0 Å². The van der Waals surface area contributed by atoms with E-state index in [4.69, 9.17) is 0 Å². The minimum absolute atomic E-state index is 0.230. The van der Waals surface area contributed by atoms with Gasteiger partial charge in [0.25, 0.3) is 0 Å². The van der Waals surface area contributed by atoms with Gasteiger partial charge in [-0.3, -0.25) is 4.79 Å². The molecule has 2 rings (SSSR count). The quantitative estimate of drug-likeness (QED) is 0.796. The third kappa shape index (κ3) is 3.01. The largest absolute Gasteiger partial charge is 0.342 e. The molecule has 0 aromatic heterocycles. The van der Waals surface area contributed by atoms with E-state index in [2.05, 4.69) is 24.1 Å². The van der Waals surface area contributed by atoms with Gasteiger partial charge in [-0.2, -0.15) is 0 Å². The van der Waals surface area contributed by atoms with Gasteiger partial charge in [0.2, 0.25) is 5.91 Å². The van der Waals surface area contributed by atoms with Crippen molar-refractivity contribution in [3.8, 4) is 0 Å². The summed E-state index contributed by atoms with van der Waals surface area (Å²) in [5.74, 6) is 1.98. The smallest absolute Gasteiger partial charge is 0.227 e. The van der Waals surface area contributed by atoms with E-state index in [-0.39, 0.29) is 5.92 Å². The van der Waals surface area contributed by atoms with Gasteiger partial charge in [0, 0.05) is 19.6 Å². The maximum Gasteiger partial charge on any atom is 0.227 e. The van der Waals surface area contributed by atoms with Crippen LogP contribution in [0.4, 0.5) is 0 Å². The predicted molar refractivity (Wildman–Crippen MR) is 69.7 cm³/mol. The van der Waals surface area contributed by atoms with Gasteiger partial charge in [-0.05, 0) is 37.6 Å². The third-order valence-electron chi connectivity index (χ3n) is 4.57. The minimum atomic E-state index is 0.230. The SMILES string of the molecule is CCC1CCCN(C(=O)[C@@H]2CNC[C@H]2C)CC1. The highest BCUT2D eigenvalue weighted by Crippen LogP contribution is 2.24. The second-order valence-electron chi connectivity index (χ2n) is 5.77. The minimum Gasteiger partial charge on any atom is -0.342 e. The summed E-state index contributed by atoms with van der Waals surface area (Å²) in [4.78, 5) is 14.6. The van der Waals surface area contributed by atoms with E-state index in [1.807, 2.05) is 0 Å². The zero-order valence-electron chi connectivity index (χ0n) is 11.2. The molecule has 1 N–H and O–H groups in total. The molecule has 0 aromatic carbocycles. The van der Waals surface area contributed by atoms with Gasteiger partial charge in [-0.25, -0.2) is 0 Å². The van der Waals surface area contributed by atoms with Crippen molar-refractivity contribution in [2.75, 3.05) is 26.2 Å². The van der Waals surface area contributed by atoms with Crippen LogP contribution in [0.2, 0.25) is 0 Å². The van der Waals surface area contributed by atoms with Gasteiger partial charge in [0.1, 0.15) is 0 Å². The molecule has 1 unspecified atom stereocenters. The number of carbonyl (C=O) groups excluding carboxylic acids is 1. The van der Waals surface area contributed by atoms with Crippen LogP contribution in [0, 0.1) is 17.8 Å². The van der Waals surface area contributed by atoms with E-state index >= 15 is 0 Å². The molecule has 2 aliphatic heterocycles. The summed E-state index contributed by atoms with van der Waals surface area (Å²) >= 11 is 0. The van der Waals surface area contributed by atoms with E-state index in [1.54, 1.807) is 0 Å². The molecule has 3 atom stereocenters. The van der Waals surface area contributed by atoms with Crippen molar-refractivity contribution in [3.05, 3.63) is 0 Å². The molecule has 0 aromatic rings. The molecule has 3 nitrogen and oxygen atoms in total. The van der Waals surface area contributed by atoms with Gasteiger partial charge in [-0.15, -0.1) is 0 Å². The second kappa shape index (κ2) is 5.85. The molecule has 0 radical (unpaired) electrons. The Morgan fingerprint density at radius 1 is 1.29 bits per heavy atom. The van der Waals surface area contributed by atoms with E-state index in [0.717, 1.165) is 32.1 Å². The van der Waals surface area contributed by atoms with E-state index < -0.39 is 0 Å². The number of rotatable bonds is 2. The Kier molecular flexibility index (Phi) is 4.43. The van der Waals surface area contributed by atoms with Crippen molar-refractivity contribution < 1.29 is 4.79 Å². The maximum atomic E-state index is 12.4. The molecule has 0 aliphatic carbocycles. The van der Waals surface area contributed by atoms with Crippen LogP contribution in [0.5, 0.6) is 0 Å². The van der Waals surface area contributed by atoms with Crippen LogP contribution in [0.15, 0.2) is 0 Å². The summed E-state index contributed by atoms with van der Waals surface area (Å²) in [6.07, 6.45) is 4.97. The Hall–Kier alpha value is -0.570. The van der Waals surface area contributed by atoms with Crippen LogP contribution in [-0.2, 0) is 4.79 Å². The van der Waals surface area contributed by atoms with Gasteiger partial charge in [0.15, 0.2) is 0 Å². The number of hydrogen-bond donors (Lipinski definition) is 1. The molecule has 98 valence electrons. The molecule has 0 bridgehead atoms. The maximum absolute atomic E-state index is 12.4. The van der Waals surface area contributed by atoms with Gasteiger partial charge < -0.3 is 10.2 Å². The fourth-order valence-corrected chi connectivity index (χ4v) is 3.17. The molecule has 17 heavy (non-hydrogen) atoms.